The predicted molar refractivity (Wildman–Crippen MR) is 117 cm³/mol. The molecule has 0 spiro atoms. The Morgan fingerprint density at radius 1 is 1.29 bits per heavy atom. The lowest BCUT2D eigenvalue weighted by atomic mass is 10.1. The van der Waals surface area contributed by atoms with Crippen LogP contribution in [0.25, 0.3) is 0 Å². The number of likely N-dealkylation sites (N-methyl/N-ethyl adjacent to an activating group) is 1. The second kappa shape index (κ2) is 10.3. The fourth-order valence-electron chi connectivity index (χ4n) is 3.49. The van der Waals surface area contributed by atoms with Gasteiger partial charge in [0.1, 0.15) is 0 Å². The number of allylic oxidation sites excluding steroid dienone is 2. The third-order valence-corrected chi connectivity index (χ3v) is 5.47. The molecule has 1 aromatic carbocycles. The van der Waals surface area contributed by atoms with Crippen LogP contribution >= 0.6 is 11.8 Å². The summed E-state index contributed by atoms with van der Waals surface area (Å²) in [7, 11) is 5.09. The van der Waals surface area contributed by atoms with E-state index in [0.29, 0.717) is 18.0 Å². The van der Waals surface area contributed by atoms with Crippen LogP contribution in [0.4, 0.5) is 0 Å². The Morgan fingerprint density at radius 3 is 2.54 bits per heavy atom. The van der Waals surface area contributed by atoms with Gasteiger partial charge in [-0.2, -0.15) is 11.8 Å². The van der Waals surface area contributed by atoms with Gasteiger partial charge < -0.3 is 19.7 Å². The maximum atomic E-state index is 13.4. The van der Waals surface area contributed by atoms with Gasteiger partial charge in [0.05, 0.1) is 25.8 Å². The van der Waals surface area contributed by atoms with Crippen LogP contribution in [0.15, 0.2) is 53.3 Å². The van der Waals surface area contributed by atoms with Gasteiger partial charge in [-0.15, -0.1) is 0 Å². The van der Waals surface area contributed by atoms with Gasteiger partial charge in [-0.3, -0.25) is 4.79 Å². The predicted octanol–water partition coefficient (Wildman–Crippen LogP) is 3.95. The molecule has 0 bridgehead atoms. The summed E-state index contributed by atoms with van der Waals surface area (Å²) < 4.78 is 10.8. The first-order valence-electron chi connectivity index (χ1n) is 9.28. The molecule has 1 aliphatic heterocycles. The Kier molecular flexibility index (Phi) is 8.05. The van der Waals surface area contributed by atoms with Crippen LogP contribution in [0.3, 0.4) is 0 Å². The quantitative estimate of drug-likeness (QED) is 0.678. The van der Waals surface area contributed by atoms with Crippen LogP contribution in [0, 0.1) is 0 Å². The number of amides is 1. The van der Waals surface area contributed by atoms with Gasteiger partial charge in [-0.05, 0) is 43.4 Å². The van der Waals surface area contributed by atoms with Crippen LogP contribution in [-0.4, -0.2) is 50.6 Å². The molecule has 0 aromatic heterocycles. The summed E-state index contributed by atoms with van der Waals surface area (Å²) in [5.41, 5.74) is 3.67. The summed E-state index contributed by atoms with van der Waals surface area (Å²) in [5, 5.41) is 3.16. The topological polar surface area (TPSA) is 50.8 Å². The molecule has 1 aromatic rings. The Balaban J connectivity index is 2.47. The molecule has 1 heterocycles. The highest BCUT2D eigenvalue weighted by Gasteiger charge is 2.36. The molecule has 5 nitrogen and oxygen atoms in total. The molecule has 0 saturated heterocycles. The molecule has 0 aliphatic carbocycles. The van der Waals surface area contributed by atoms with Crippen molar-refractivity contribution in [3.05, 3.63) is 58.8 Å². The smallest absolute Gasteiger partial charge is 0.257 e. The Labute approximate surface area is 172 Å². The number of rotatable bonds is 9. The zero-order valence-electron chi connectivity index (χ0n) is 17.5. The SMILES string of the molecule is C/C=C\C1=C(C(=C\C)/NC)C(=O)N(C(CSC)c2ccc(OC)c(OC)c2)C1. The van der Waals surface area contributed by atoms with Crippen LogP contribution < -0.4 is 14.8 Å². The van der Waals surface area contributed by atoms with E-state index in [1.165, 1.54) is 0 Å². The minimum absolute atomic E-state index is 0.0457. The highest BCUT2D eigenvalue weighted by atomic mass is 32.2. The minimum Gasteiger partial charge on any atom is -0.493 e. The van der Waals surface area contributed by atoms with E-state index in [1.807, 2.05) is 62.2 Å². The van der Waals surface area contributed by atoms with Crippen LogP contribution in [0.1, 0.15) is 25.5 Å². The molecular weight excluding hydrogens is 372 g/mol. The molecule has 0 saturated carbocycles. The third kappa shape index (κ3) is 4.38. The number of thioether (sulfide) groups is 1. The van der Waals surface area contributed by atoms with E-state index in [2.05, 4.69) is 11.6 Å². The van der Waals surface area contributed by atoms with E-state index in [9.17, 15) is 4.79 Å². The molecule has 28 heavy (non-hydrogen) atoms. The molecular formula is C22H30N2O3S. The van der Waals surface area contributed by atoms with E-state index in [-0.39, 0.29) is 11.9 Å². The summed E-state index contributed by atoms with van der Waals surface area (Å²) in [4.78, 5) is 15.4. The summed E-state index contributed by atoms with van der Waals surface area (Å²) in [6, 6.07) is 5.82. The maximum Gasteiger partial charge on any atom is 0.257 e. The summed E-state index contributed by atoms with van der Waals surface area (Å²) in [6.45, 7) is 4.49. The number of hydrogen-bond donors (Lipinski definition) is 1. The van der Waals surface area contributed by atoms with Gasteiger partial charge in [0.15, 0.2) is 11.5 Å². The first-order chi connectivity index (χ1) is 13.6. The normalized spacial score (nSPS) is 16.1. The highest BCUT2D eigenvalue weighted by Crippen LogP contribution is 2.37. The molecule has 0 fully saturated rings. The van der Waals surface area contributed by atoms with Crippen molar-refractivity contribution >= 4 is 17.7 Å². The van der Waals surface area contributed by atoms with Crippen molar-refractivity contribution in [2.45, 2.75) is 19.9 Å². The zero-order valence-corrected chi connectivity index (χ0v) is 18.4. The van der Waals surface area contributed by atoms with Crippen molar-refractivity contribution < 1.29 is 14.3 Å². The number of nitrogens with one attached hydrogen (secondary N) is 1. The second-order valence-corrected chi connectivity index (χ2v) is 7.28. The maximum absolute atomic E-state index is 13.4. The van der Waals surface area contributed by atoms with E-state index in [1.54, 1.807) is 26.0 Å². The van der Waals surface area contributed by atoms with Gasteiger partial charge in [0.2, 0.25) is 0 Å². The Hall–Kier alpha value is -2.34. The zero-order chi connectivity index (χ0) is 20.7. The van der Waals surface area contributed by atoms with Gasteiger partial charge in [0, 0.05) is 25.0 Å². The van der Waals surface area contributed by atoms with Crippen molar-refractivity contribution in [3.63, 3.8) is 0 Å². The highest BCUT2D eigenvalue weighted by molar-refractivity contribution is 7.98. The third-order valence-electron chi connectivity index (χ3n) is 4.82. The first-order valence-corrected chi connectivity index (χ1v) is 10.7. The molecule has 6 heteroatoms. The number of carbonyl (C=O) groups is 1. The number of nitrogens with zero attached hydrogens (tertiary/aromatic N) is 1. The summed E-state index contributed by atoms with van der Waals surface area (Å²) in [5.74, 6) is 2.19. The van der Waals surface area contributed by atoms with Gasteiger partial charge >= 0.3 is 0 Å². The molecule has 1 N–H and O–H groups in total. The average Bonchev–Trinajstić information content (AvgIpc) is 3.03. The average molecular weight is 403 g/mol. The van der Waals surface area contributed by atoms with E-state index < -0.39 is 0 Å². The monoisotopic (exact) mass is 402 g/mol. The van der Waals surface area contributed by atoms with Crippen LogP contribution in [0.2, 0.25) is 0 Å². The molecule has 2 rings (SSSR count). The van der Waals surface area contributed by atoms with Crippen molar-refractivity contribution in [1.82, 2.24) is 10.2 Å². The molecule has 152 valence electrons. The largest absolute Gasteiger partial charge is 0.493 e. The van der Waals surface area contributed by atoms with E-state index in [0.717, 1.165) is 28.2 Å². The lowest BCUT2D eigenvalue weighted by Crippen LogP contribution is -2.34. The standard InChI is InChI=1S/C22H30N2O3S/c1-7-9-16-13-24(22(25)21(16)17(8-2)23-3)18(14-28-6)15-10-11-19(26-4)20(12-15)27-5/h7-12,18,23H,13-14H2,1-6H3/b9-7-,17-8+. The Bertz CT molecular complexity index is 799. The van der Waals surface area contributed by atoms with E-state index in [4.69, 9.17) is 9.47 Å². The van der Waals surface area contributed by atoms with Gasteiger partial charge in [0.25, 0.3) is 5.91 Å². The van der Waals surface area contributed by atoms with Crippen LogP contribution in [0.5, 0.6) is 11.5 Å². The lowest BCUT2D eigenvalue weighted by molar-refractivity contribution is -0.127. The van der Waals surface area contributed by atoms with Gasteiger partial charge in [-0.1, -0.05) is 24.3 Å². The van der Waals surface area contributed by atoms with E-state index >= 15 is 0 Å². The van der Waals surface area contributed by atoms with Crippen molar-refractivity contribution in [2.75, 3.05) is 39.8 Å². The molecule has 0 radical (unpaired) electrons. The second-order valence-electron chi connectivity index (χ2n) is 6.37. The lowest BCUT2D eigenvalue weighted by Gasteiger charge is -2.29. The minimum atomic E-state index is -0.0602. The van der Waals surface area contributed by atoms with Crippen molar-refractivity contribution in [1.29, 1.82) is 0 Å². The number of carbonyl (C=O) groups excluding carboxylic acids is 1. The van der Waals surface area contributed by atoms with Crippen molar-refractivity contribution in [2.24, 2.45) is 0 Å². The van der Waals surface area contributed by atoms with Crippen LogP contribution in [-0.2, 0) is 4.79 Å². The molecule has 1 atom stereocenters. The number of ether oxygens (including phenoxy) is 2. The fraction of sp³-hybridized carbons (Fsp3) is 0.409. The number of hydrogen-bond acceptors (Lipinski definition) is 5. The van der Waals surface area contributed by atoms with Crippen molar-refractivity contribution in [3.8, 4) is 11.5 Å². The number of benzene rings is 1. The fourth-order valence-corrected chi connectivity index (χ4v) is 4.18. The number of methoxy groups -OCH3 is 2. The summed E-state index contributed by atoms with van der Waals surface area (Å²) >= 11 is 1.72. The molecule has 1 unspecified atom stereocenters. The molecule has 1 aliphatic rings. The summed E-state index contributed by atoms with van der Waals surface area (Å²) in [6.07, 6.45) is 8.01. The van der Waals surface area contributed by atoms with Gasteiger partial charge in [-0.25, -0.2) is 0 Å². The Morgan fingerprint density at radius 2 is 2.00 bits per heavy atom. The molecule has 1 amide bonds. The first kappa shape index (κ1) is 22.0.